The summed E-state index contributed by atoms with van der Waals surface area (Å²) in [6.07, 6.45) is 4.83. The van der Waals surface area contributed by atoms with Crippen molar-refractivity contribution in [3.8, 4) is 22.4 Å². The molecule has 342 valence electrons. The monoisotopic (exact) mass is 893 g/mol. The molecule has 2 N–H and O–H groups in total. The highest BCUT2D eigenvalue weighted by atomic mass is 28.3. The van der Waals surface area contributed by atoms with Gasteiger partial charge in [-0.1, -0.05) is 77.7 Å². The first-order valence-corrected chi connectivity index (χ1v) is 26.0. The minimum atomic E-state index is -1.33. The normalized spacial score (nSPS) is 16.8. The molecule has 0 aliphatic carbocycles. The Balaban J connectivity index is 1.13. The number of carbonyl (C=O) groups excluding carboxylic acids is 3. The number of carbonyl (C=O) groups is 3. The van der Waals surface area contributed by atoms with Crippen molar-refractivity contribution in [1.82, 2.24) is 34.7 Å². The van der Waals surface area contributed by atoms with Crippen LogP contribution in [0.5, 0.6) is 0 Å². The van der Waals surface area contributed by atoms with Gasteiger partial charge in [-0.3, -0.25) is 19.2 Å². The number of benzene rings is 3. The van der Waals surface area contributed by atoms with E-state index in [9.17, 15) is 14.4 Å². The van der Waals surface area contributed by atoms with Gasteiger partial charge in [0.15, 0.2) is 0 Å². The molecule has 0 bridgehead atoms. The largest absolute Gasteiger partial charge is 0.453 e. The van der Waals surface area contributed by atoms with Gasteiger partial charge in [0.05, 0.1) is 43.2 Å². The van der Waals surface area contributed by atoms with E-state index in [-0.39, 0.29) is 36.4 Å². The summed E-state index contributed by atoms with van der Waals surface area (Å²) in [7, 11) is 1.36. The zero-order chi connectivity index (χ0) is 45.7. The number of aliphatic imine (C=N–C) groups is 1. The number of hydrogen-bond donors (Lipinski definition) is 2. The van der Waals surface area contributed by atoms with E-state index in [2.05, 4.69) is 99.0 Å². The van der Waals surface area contributed by atoms with Gasteiger partial charge in [-0.25, -0.2) is 24.8 Å². The van der Waals surface area contributed by atoms with Gasteiger partial charge in [0.2, 0.25) is 18.3 Å². The number of H-pyrrole nitrogens is 1. The van der Waals surface area contributed by atoms with Crippen LogP contribution >= 0.6 is 0 Å². The molecule has 2 fully saturated rings. The molecule has 0 spiro atoms. The highest BCUT2D eigenvalue weighted by molar-refractivity contribution is 6.76. The molecule has 17 heteroatoms. The number of nitrogens with zero attached hydrogens (tertiary/aromatic N) is 7. The van der Waals surface area contributed by atoms with E-state index in [1.807, 2.05) is 43.8 Å². The molecule has 64 heavy (non-hydrogen) atoms. The van der Waals surface area contributed by atoms with Crippen LogP contribution in [0.25, 0.3) is 44.2 Å². The molecule has 2 aliphatic heterocycles. The van der Waals surface area contributed by atoms with E-state index in [0.717, 1.165) is 75.3 Å². The summed E-state index contributed by atoms with van der Waals surface area (Å²) in [5.41, 5.74) is 5.62. The number of ether oxygens (including phenoxy) is 2. The van der Waals surface area contributed by atoms with Crippen LogP contribution in [0.2, 0.25) is 25.7 Å². The predicted molar refractivity (Wildman–Crippen MR) is 251 cm³/mol. The molecule has 0 radical (unpaired) electrons. The Morgan fingerprint density at radius 3 is 2.33 bits per heavy atom. The molecule has 3 atom stereocenters. The number of rotatable bonds is 17. The summed E-state index contributed by atoms with van der Waals surface area (Å²) in [5, 5.41) is 8.53. The van der Waals surface area contributed by atoms with Gasteiger partial charge in [-0.15, -0.1) is 0 Å². The zero-order valence-corrected chi connectivity index (χ0v) is 39.6. The molecule has 7 rings (SSSR count). The van der Waals surface area contributed by atoms with E-state index in [4.69, 9.17) is 24.3 Å². The third-order valence-corrected chi connectivity index (χ3v) is 13.7. The first kappa shape index (κ1) is 46.2. The van der Waals surface area contributed by atoms with Crippen molar-refractivity contribution in [2.45, 2.75) is 97.5 Å². The van der Waals surface area contributed by atoms with Gasteiger partial charge < -0.3 is 29.6 Å². The Bertz CT molecular complexity index is 2480. The highest BCUT2D eigenvalue weighted by Crippen LogP contribution is 2.35. The van der Waals surface area contributed by atoms with E-state index >= 15 is 0 Å². The van der Waals surface area contributed by atoms with Gasteiger partial charge in [0, 0.05) is 39.9 Å². The van der Waals surface area contributed by atoms with Crippen LogP contribution in [0, 0.1) is 11.8 Å². The second kappa shape index (κ2) is 19.9. The fraction of sp³-hybridized carbons (Fsp3) is 0.489. The fourth-order valence-corrected chi connectivity index (χ4v) is 9.21. The number of fused-ring (bicyclic) bond motifs is 2. The fourth-order valence-electron chi connectivity index (χ4n) is 8.45. The minimum absolute atomic E-state index is 0.0211. The summed E-state index contributed by atoms with van der Waals surface area (Å²) in [4.78, 5) is 69.1. The van der Waals surface area contributed by atoms with E-state index < -0.39 is 26.3 Å². The molecule has 2 saturated heterocycles. The summed E-state index contributed by atoms with van der Waals surface area (Å²) < 4.78 is 13.2. The number of amides is 3. The molecule has 5 aromatic rings. The number of anilines is 1. The van der Waals surface area contributed by atoms with Crippen LogP contribution in [-0.2, 0) is 35.6 Å². The summed E-state index contributed by atoms with van der Waals surface area (Å²) in [6, 6.07) is 18.6. The summed E-state index contributed by atoms with van der Waals surface area (Å²) >= 11 is 0. The van der Waals surface area contributed by atoms with Crippen molar-refractivity contribution in [1.29, 1.82) is 0 Å². The Labute approximate surface area is 376 Å². The number of likely N-dealkylation sites (tertiary alicyclic amines) is 1. The molecule has 0 unspecified atom stereocenters. The maximum absolute atomic E-state index is 14.1. The number of hydrogen-bond acceptors (Lipinski definition) is 11. The Kier molecular flexibility index (Phi) is 14.4. The van der Waals surface area contributed by atoms with Crippen molar-refractivity contribution < 1.29 is 33.6 Å². The maximum atomic E-state index is 14.1. The van der Waals surface area contributed by atoms with Crippen LogP contribution < -0.4 is 10.3 Å². The number of nitrogens with one attached hydrogen (secondary N) is 2. The van der Waals surface area contributed by atoms with Crippen molar-refractivity contribution in [2.75, 3.05) is 45.5 Å². The average molecular weight is 894 g/mol. The predicted octanol–water partition coefficient (Wildman–Crippen LogP) is 8.19. The molecular weight excluding hydrogens is 831 g/mol. The Morgan fingerprint density at radius 1 is 0.906 bits per heavy atom. The van der Waals surface area contributed by atoms with Crippen molar-refractivity contribution in [3.05, 3.63) is 66.6 Å². The molecule has 16 nitrogen and oxygen atoms in total. The van der Waals surface area contributed by atoms with Gasteiger partial charge in [0.25, 0.3) is 5.91 Å². The maximum Gasteiger partial charge on any atom is 0.407 e. The minimum Gasteiger partial charge on any atom is -0.453 e. The van der Waals surface area contributed by atoms with Crippen LogP contribution in [-0.4, -0.2) is 114 Å². The number of aromatic amines is 1. The van der Waals surface area contributed by atoms with E-state index in [0.29, 0.717) is 32.2 Å². The van der Waals surface area contributed by atoms with Crippen molar-refractivity contribution >= 4 is 60.1 Å². The number of imidazole rings is 2. The lowest BCUT2D eigenvalue weighted by Gasteiger charge is -2.33. The van der Waals surface area contributed by atoms with Crippen LogP contribution in [0.15, 0.2) is 65.8 Å². The van der Waals surface area contributed by atoms with E-state index in [1.54, 1.807) is 5.01 Å². The zero-order valence-electron chi connectivity index (χ0n) is 38.6. The van der Waals surface area contributed by atoms with Gasteiger partial charge in [-0.05, 0) is 83.3 Å². The number of methoxy groups -OCH3 is 1. The summed E-state index contributed by atoms with van der Waals surface area (Å²) in [6.45, 7) is 17.4. The van der Waals surface area contributed by atoms with Gasteiger partial charge in [-0.2, -0.15) is 4.89 Å². The molecule has 3 amide bonds. The van der Waals surface area contributed by atoms with Crippen LogP contribution in [0.1, 0.15) is 58.8 Å². The number of aromatic nitrogens is 4. The molecule has 2 aromatic heterocycles. The lowest BCUT2D eigenvalue weighted by Crippen LogP contribution is -2.54. The standard InChI is InChI=1S/C47H63N9O7Si/c1-30(2)41(49-28-63-61-6)44(57)53-19-10-12-40(53)43-48-27-38(50-43)36-16-15-32-24-33(13-14-34(32)25-36)35-17-18-39-37(26-35)51-46(54(39)29-62-22-23-64(7,8)9)56-21-11-20-55(56)45(58)42(31(3)4)52-47(59)60-5/h13-18,24-28,30-31,40-42H,10-12,19-23,29H2,1-9H3,(H,48,50)(H,52,59)/b49-28-/t40-,41-,42-/m0/s1. The van der Waals surface area contributed by atoms with Crippen LogP contribution in [0.3, 0.4) is 0 Å². The lowest BCUT2D eigenvalue weighted by atomic mass is 9.99. The SMILES string of the molecule is COO/C=N\[C@H](C(=O)N1CCC[C@H]1c1ncc(-c2ccc3cc(-c4ccc5c(c4)nc(N4CCCN4C(=O)[C@@H](NC(=O)OC)C(C)C)n5COCC[Si](C)(C)C)ccc3c2)[nH]1)C(C)C. The quantitative estimate of drug-likeness (QED) is 0.0232. The number of alkyl carbamates (subject to hydrolysis) is 1. The topological polar surface area (TPSA) is 169 Å². The first-order valence-electron chi connectivity index (χ1n) is 22.3. The second-order valence-electron chi connectivity index (χ2n) is 18.5. The average Bonchev–Trinajstić information content (AvgIpc) is 4.11. The Morgan fingerprint density at radius 2 is 1.62 bits per heavy atom. The van der Waals surface area contributed by atoms with E-state index in [1.165, 1.54) is 20.6 Å². The molecule has 4 heterocycles. The smallest absolute Gasteiger partial charge is 0.407 e. The molecular formula is C47H63N9O7Si. The molecule has 3 aromatic carbocycles. The van der Waals surface area contributed by atoms with Crippen LogP contribution in [0.4, 0.5) is 10.7 Å². The van der Waals surface area contributed by atoms with Gasteiger partial charge >= 0.3 is 6.09 Å². The first-order chi connectivity index (χ1) is 30.7. The highest BCUT2D eigenvalue weighted by Gasteiger charge is 2.38. The van der Waals surface area contributed by atoms with Gasteiger partial charge in [0.1, 0.15) is 24.6 Å². The lowest BCUT2D eigenvalue weighted by molar-refractivity contribution is -0.188. The third-order valence-electron chi connectivity index (χ3n) is 12.0. The number of hydrazine groups is 1. The summed E-state index contributed by atoms with van der Waals surface area (Å²) in [5.74, 6) is 0.924. The molecule has 2 aliphatic rings. The third kappa shape index (κ3) is 10.3. The second-order valence-corrected chi connectivity index (χ2v) is 24.2. The van der Waals surface area contributed by atoms with Crippen molar-refractivity contribution in [3.63, 3.8) is 0 Å². The molecule has 0 saturated carbocycles. The Hall–Kier alpha value is -5.78. The van der Waals surface area contributed by atoms with Crippen molar-refractivity contribution in [2.24, 2.45) is 16.8 Å².